The van der Waals surface area contributed by atoms with E-state index in [0.717, 1.165) is 32.9 Å². The van der Waals surface area contributed by atoms with Crippen LogP contribution in [-0.2, 0) is 7.05 Å². The lowest BCUT2D eigenvalue weighted by atomic mass is 10.0. The molecular formula is C19H16N4O. The van der Waals surface area contributed by atoms with Crippen molar-refractivity contribution < 1.29 is 4.79 Å². The number of nitrogens with zero attached hydrogens (tertiary/aromatic N) is 4. The number of Topliss-reactive ketones (excluding diaryl/α,β-unsaturated/α-hetero) is 1. The Bertz CT molecular complexity index is 1080. The second kappa shape index (κ2) is 5.53. The van der Waals surface area contributed by atoms with Crippen molar-refractivity contribution in [3.8, 4) is 11.1 Å². The monoisotopic (exact) mass is 316 g/mol. The van der Waals surface area contributed by atoms with Crippen LogP contribution in [0.15, 0.2) is 48.9 Å². The van der Waals surface area contributed by atoms with Crippen LogP contribution >= 0.6 is 0 Å². The van der Waals surface area contributed by atoms with E-state index in [-0.39, 0.29) is 5.78 Å². The van der Waals surface area contributed by atoms with Crippen LogP contribution in [0.25, 0.3) is 32.9 Å². The number of aromatic nitrogens is 4. The average molecular weight is 316 g/mol. The van der Waals surface area contributed by atoms with E-state index in [1.807, 2.05) is 43.0 Å². The first-order chi connectivity index (χ1) is 11.7. The Labute approximate surface area is 139 Å². The molecule has 0 bridgehead atoms. The van der Waals surface area contributed by atoms with Crippen LogP contribution in [0.4, 0.5) is 0 Å². The van der Waals surface area contributed by atoms with Gasteiger partial charge in [-0.3, -0.25) is 14.5 Å². The van der Waals surface area contributed by atoms with Crippen LogP contribution in [0, 0.1) is 0 Å². The average Bonchev–Trinajstić information content (AvgIpc) is 3.00. The summed E-state index contributed by atoms with van der Waals surface area (Å²) in [6.07, 6.45) is 5.86. The predicted molar refractivity (Wildman–Crippen MR) is 93.9 cm³/mol. The number of rotatable bonds is 3. The van der Waals surface area contributed by atoms with Gasteiger partial charge in [-0.2, -0.15) is 5.10 Å². The van der Waals surface area contributed by atoms with Crippen LogP contribution in [0.2, 0.25) is 0 Å². The topological polar surface area (TPSA) is 60.7 Å². The van der Waals surface area contributed by atoms with Gasteiger partial charge in [0.05, 0.1) is 17.2 Å². The normalized spacial score (nSPS) is 11.2. The highest BCUT2D eigenvalue weighted by atomic mass is 16.1. The molecule has 5 heteroatoms. The maximum absolute atomic E-state index is 12.0. The molecule has 4 rings (SSSR count). The smallest absolute Gasteiger partial charge is 0.180 e. The molecule has 3 aromatic heterocycles. The Balaban J connectivity index is 1.96. The molecule has 0 atom stereocenters. The number of pyridine rings is 2. The molecule has 0 fully saturated rings. The summed E-state index contributed by atoms with van der Waals surface area (Å²) in [7, 11) is 1.92. The van der Waals surface area contributed by atoms with Crippen molar-refractivity contribution in [1.82, 2.24) is 19.7 Å². The van der Waals surface area contributed by atoms with Gasteiger partial charge in [0.15, 0.2) is 5.78 Å². The van der Waals surface area contributed by atoms with Crippen LogP contribution in [-0.4, -0.2) is 25.5 Å². The lowest BCUT2D eigenvalue weighted by molar-refractivity contribution is 0.0984. The summed E-state index contributed by atoms with van der Waals surface area (Å²) in [4.78, 5) is 20.9. The Hall–Kier alpha value is -3.08. The summed E-state index contributed by atoms with van der Waals surface area (Å²) >= 11 is 0. The van der Waals surface area contributed by atoms with E-state index in [0.29, 0.717) is 12.1 Å². The molecule has 0 aliphatic rings. The zero-order valence-corrected chi connectivity index (χ0v) is 13.5. The highest BCUT2D eigenvalue weighted by molar-refractivity contribution is 6.00. The second-order valence-electron chi connectivity index (χ2n) is 5.77. The zero-order chi connectivity index (χ0) is 16.7. The van der Waals surface area contributed by atoms with Gasteiger partial charge in [-0.1, -0.05) is 19.1 Å². The molecule has 0 amide bonds. The van der Waals surface area contributed by atoms with Gasteiger partial charge >= 0.3 is 0 Å². The molecule has 0 spiro atoms. The van der Waals surface area contributed by atoms with E-state index < -0.39 is 0 Å². The highest BCUT2D eigenvalue weighted by Gasteiger charge is 2.11. The lowest BCUT2D eigenvalue weighted by Gasteiger charge is -2.08. The van der Waals surface area contributed by atoms with Gasteiger partial charge in [-0.05, 0) is 23.8 Å². The van der Waals surface area contributed by atoms with Crippen LogP contribution in [0.3, 0.4) is 0 Å². The van der Waals surface area contributed by atoms with Crippen molar-refractivity contribution in [1.29, 1.82) is 0 Å². The molecule has 0 aliphatic heterocycles. The Kier molecular flexibility index (Phi) is 3.34. The minimum atomic E-state index is 0.0433. The third-order valence-corrected chi connectivity index (χ3v) is 4.27. The largest absolute Gasteiger partial charge is 0.292 e. The SMILES string of the molecule is CCC(=O)c1ccc2cncc(-c3ccc4cnn(C)c4c3)c2n1. The van der Waals surface area contributed by atoms with Gasteiger partial charge in [0, 0.05) is 42.2 Å². The summed E-state index contributed by atoms with van der Waals surface area (Å²) < 4.78 is 1.84. The maximum Gasteiger partial charge on any atom is 0.180 e. The van der Waals surface area contributed by atoms with Crippen molar-refractivity contribution in [3.63, 3.8) is 0 Å². The fourth-order valence-corrected chi connectivity index (χ4v) is 2.90. The number of carbonyl (C=O) groups is 1. The number of aryl methyl sites for hydroxylation is 1. The first kappa shape index (κ1) is 14.5. The fourth-order valence-electron chi connectivity index (χ4n) is 2.90. The summed E-state index contributed by atoms with van der Waals surface area (Å²) in [6, 6.07) is 9.83. The number of benzene rings is 1. The van der Waals surface area contributed by atoms with E-state index in [4.69, 9.17) is 0 Å². The van der Waals surface area contributed by atoms with Gasteiger partial charge in [-0.25, -0.2) is 4.98 Å². The molecule has 5 nitrogen and oxygen atoms in total. The molecule has 0 N–H and O–H groups in total. The summed E-state index contributed by atoms with van der Waals surface area (Å²) in [5.74, 6) is 0.0433. The minimum absolute atomic E-state index is 0.0433. The number of hydrogen-bond acceptors (Lipinski definition) is 4. The number of ketones is 1. The highest BCUT2D eigenvalue weighted by Crippen LogP contribution is 2.29. The van der Waals surface area contributed by atoms with Crippen molar-refractivity contribution in [2.24, 2.45) is 7.05 Å². The molecule has 0 saturated heterocycles. The Morgan fingerprint density at radius 1 is 1.08 bits per heavy atom. The number of carbonyl (C=O) groups excluding carboxylic acids is 1. The third kappa shape index (κ3) is 2.25. The van der Waals surface area contributed by atoms with Crippen LogP contribution < -0.4 is 0 Å². The number of hydrogen-bond donors (Lipinski definition) is 0. The van der Waals surface area contributed by atoms with Crippen molar-refractivity contribution in [2.75, 3.05) is 0 Å². The minimum Gasteiger partial charge on any atom is -0.292 e. The van der Waals surface area contributed by atoms with E-state index in [1.165, 1.54) is 0 Å². The first-order valence-electron chi connectivity index (χ1n) is 7.87. The third-order valence-electron chi connectivity index (χ3n) is 4.27. The standard InChI is InChI=1S/C19H16N4O/c1-3-18(24)16-7-6-14-9-20-11-15(19(14)22-16)12-4-5-13-10-21-23(2)17(13)8-12/h4-11H,3H2,1-2H3. The molecule has 4 aromatic rings. The summed E-state index contributed by atoms with van der Waals surface area (Å²) in [6.45, 7) is 1.85. The van der Waals surface area contributed by atoms with Crippen LogP contribution in [0.5, 0.6) is 0 Å². The van der Waals surface area contributed by atoms with E-state index in [2.05, 4.69) is 21.1 Å². The van der Waals surface area contributed by atoms with E-state index in [1.54, 1.807) is 18.5 Å². The molecule has 0 saturated carbocycles. The molecular weight excluding hydrogens is 300 g/mol. The maximum atomic E-state index is 12.0. The molecule has 24 heavy (non-hydrogen) atoms. The quantitative estimate of drug-likeness (QED) is 0.540. The molecule has 0 unspecified atom stereocenters. The summed E-state index contributed by atoms with van der Waals surface area (Å²) in [5.41, 5.74) is 4.27. The Morgan fingerprint density at radius 2 is 1.92 bits per heavy atom. The van der Waals surface area contributed by atoms with Gasteiger partial charge in [0.2, 0.25) is 0 Å². The molecule has 0 aliphatic carbocycles. The zero-order valence-electron chi connectivity index (χ0n) is 13.5. The predicted octanol–water partition coefficient (Wildman–Crippen LogP) is 3.78. The van der Waals surface area contributed by atoms with Crippen LogP contribution in [0.1, 0.15) is 23.8 Å². The molecule has 118 valence electrons. The van der Waals surface area contributed by atoms with Gasteiger partial charge in [0.25, 0.3) is 0 Å². The molecule has 0 radical (unpaired) electrons. The van der Waals surface area contributed by atoms with Gasteiger partial charge in [-0.15, -0.1) is 0 Å². The van der Waals surface area contributed by atoms with Gasteiger partial charge in [0.1, 0.15) is 5.69 Å². The van der Waals surface area contributed by atoms with Crippen molar-refractivity contribution >= 4 is 27.6 Å². The summed E-state index contributed by atoms with van der Waals surface area (Å²) in [5, 5.41) is 6.29. The van der Waals surface area contributed by atoms with E-state index >= 15 is 0 Å². The first-order valence-corrected chi connectivity index (χ1v) is 7.87. The Morgan fingerprint density at radius 3 is 2.75 bits per heavy atom. The number of fused-ring (bicyclic) bond motifs is 2. The van der Waals surface area contributed by atoms with Crippen molar-refractivity contribution in [3.05, 3.63) is 54.6 Å². The molecule has 3 heterocycles. The van der Waals surface area contributed by atoms with E-state index in [9.17, 15) is 4.79 Å². The second-order valence-corrected chi connectivity index (χ2v) is 5.77. The lowest BCUT2D eigenvalue weighted by Crippen LogP contribution is -2.01. The molecule has 1 aromatic carbocycles. The van der Waals surface area contributed by atoms with Crippen molar-refractivity contribution in [2.45, 2.75) is 13.3 Å². The fraction of sp³-hybridized carbons (Fsp3) is 0.158. The van der Waals surface area contributed by atoms with Gasteiger partial charge < -0.3 is 0 Å².